The van der Waals surface area contributed by atoms with Crippen LogP contribution in [0.2, 0.25) is 0 Å². The Kier molecular flexibility index (Phi) is 35.0. The molecule has 16 rings (SSSR count). The number of benzene rings is 4. The van der Waals surface area contributed by atoms with Crippen LogP contribution in [0.25, 0.3) is 0 Å². The molecule has 139 heavy (non-hydrogen) atoms. The van der Waals surface area contributed by atoms with Gasteiger partial charge in [-0.05, 0) is 304 Å². The molecule has 4 N–H and O–H groups in total. The van der Waals surface area contributed by atoms with E-state index in [2.05, 4.69) is 128 Å². The predicted molar refractivity (Wildman–Crippen MR) is 543 cm³/mol. The lowest BCUT2D eigenvalue weighted by molar-refractivity contribution is -0.142. The first-order chi connectivity index (χ1) is 65.7. The van der Waals surface area contributed by atoms with Crippen molar-refractivity contribution >= 4 is 47.0 Å². The molecule has 754 valence electrons. The molecular weight excluding hydrogens is 1740 g/mol. The number of carbonyl (C=O) groups is 8. The summed E-state index contributed by atoms with van der Waals surface area (Å²) in [6.45, 7) is 45.6. The first-order valence-corrected chi connectivity index (χ1v) is 52.8. The van der Waals surface area contributed by atoms with Gasteiger partial charge in [-0.25, -0.2) is 0 Å². The molecule has 0 saturated heterocycles. The first-order valence-electron chi connectivity index (χ1n) is 52.8. The number of ketones is 4. The van der Waals surface area contributed by atoms with Crippen molar-refractivity contribution in [2.45, 2.75) is 422 Å². The van der Waals surface area contributed by atoms with E-state index in [1.165, 1.54) is 54.4 Å². The maximum absolute atomic E-state index is 13.2. The van der Waals surface area contributed by atoms with Crippen LogP contribution in [0, 0.1) is 113 Å². The molecule has 20 heteroatoms. The monoisotopic (exact) mass is 1900 g/mol. The molecule has 4 aromatic carbocycles. The van der Waals surface area contributed by atoms with Gasteiger partial charge in [0.2, 0.25) is 0 Å². The van der Waals surface area contributed by atoms with Crippen molar-refractivity contribution in [3.8, 4) is 0 Å². The maximum Gasteiger partial charge on any atom is 0.306 e. The molecule has 4 heterocycles. The topological polar surface area (TPSA) is 322 Å². The van der Waals surface area contributed by atoms with Crippen LogP contribution in [0.5, 0.6) is 0 Å². The lowest BCUT2D eigenvalue weighted by Gasteiger charge is -2.47. The highest BCUT2D eigenvalue weighted by Gasteiger charge is 2.50. The van der Waals surface area contributed by atoms with E-state index in [-0.39, 0.29) is 73.5 Å². The van der Waals surface area contributed by atoms with E-state index in [4.69, 9.17) is 18.1 Å². The highest BCUT2D eigenvalue weighted by molar-refractivity contribution is 5.86. The van der Waals surface area contributed by atoms with Crippen LogP contribution in [0.15, 0.2) is 90.9 Å². The summed E-state index contributed by atoms with van der Waals surface area (Å²) < 4.78 is 23.8. The van der Waals surface area contributed by atoms with Crippen molar-refractivity contribution in [1.29, 1.82) is 0 Å². The summed E-state index contributed by atoms with van der Waals surface area (Å²) in [5.41, 5.74) is 21.5. The fourth-order valence-electron chi connectivity index (χ4n) is 22.8. The highest BCUT2D eigenvalue weighted by atomic mass is 16.5. The Labute approximate surface area is 826 Å². The molecule has 5 unspecified atom stereocenters. The molecule has 0 spiro atoms. The molecule has 5 atom stereocenters. The number of carboxylic acid groups (broad SMARTS) is 4. The molecule has 8 fully saturated rings. The van der Waals surface area contributed by atoms with Gasteiger partial charge in [0.25, 0.3) is 0 Å². The number of nitrogens with zero attached hydrogens (tertiary/aromatic N) is 4. The average molecular weight is 1900 g/mol. The van der Waals surface area contributed by atoms with Gasteiger partial charge in [-0.2, -0.15) is 0 Å². The minimum atomic E-state index is -0.900. The fraction of sp³-hybridized carbons (Fsp3) is 0.630. The van der Waals surface area contributed by atoms with E-state index >= 15 is 0 Å². The van der Waals surface area contributed by atoms with Crippen LogP contribution in [0.1, 0.15) is 476 Å². The van der Waals surface area contributed by atoms with Gasteiger partial charge in [0.15, 0.2) is 0 Å². The number of aromatic nitrogens is 4. The molecule has 0 bridgehead atoms. The molecule has 8 aliphatic carbocycles. The van der Waals surface area contributed by atoms with E-state index in [0.717, 1.165) is 227 Å². The number of Topliss-reactive ketones (excluding diaryl/α,β-unsaturated/α-hetero) is 4. The number of carbonyl (C=O) groups excluding carboxylic acids is 4. The Morgan fingerprint density at radius 3 is 0.950 bits per heavy atom. The summed E-state index contributed by atoms with van der Waals surface area (Å²) >= 11 is 0. The molecule has 20 nitrogen and oxygen atoms in total. The van der Waals surface area contributed by atoms with Crippen molar-refractivity contribution in [3.05, 3.63) is 208 Å². The summed E-state index contributed by atoms with van der Waals surface area (Å²) in [5, 5.41) is 56.6. The second kappa shape index (κ2) is 45.7. The van der Waals surface area contributed by atoms with Crippen LogP contribution < -0.4 is 0 Å². The maximum atomic E-state index is 13.2. The van der Waals surface area contributed by atoms with Crippen molar-refractivity contribution < 1.29 is 76.9 Å². The average Bonchev–Trinajstić information content (AvgIpc) is 1.15. The molecule has 0 aliphatic heterocycles. The van der Waals surface area contributed by atoms with Crippen LogP contribution in [0.4, 0.5) is 0 Å². The fourth-order valence-corrected chi connectivity index (χ4v) is 22.8. The van der Waals surface area contributed by atoms with Crippen molar-refractivity contribution in [2.75, 3.05) is 0 Å². The number of aliphatic carboxylic acids is 4. The molecule has 8 saturated carbocycles. The number of hydrogen-bond acceptors (Lipinski definition) is 16. The lowest BCUT2D eigenvalue weighted by Crippen LogP contribution is -2.38. The third-order valence-corrected chi connectivity index (χ3v) is 33.0. The van der Waals surface area contributed by atoms with Gasteiger partial charge < -0.3 is 38.5 Å². The zero-order chi connectivity index (χ0) is 101. The molecule has 4 aromatic heterocycles. The minimum Gasteiger partial charge on any atom is -0.481 e. The van der Waals surface area contributed by atoms with Crippen LogP contribution in [-0.4, -0.2) is 88.1 Å². The number of aryl methyl sites for hydroxylation is 8. The summed E-state index contributed by atoms with van der Waals surface area (Å²) in [7, 11) is 0. The Balaban J connectivity index is 0.000000156. The van der Waals surface area contributed by atoms with E-state index < -0.39 is 53.5 Å². The number of carboxylic acids is 4. The zero-order valence-electron chi connectivity index (χ0n) is 87.5. The van der Waals surface area contributed by atoms with Gasteiger partial charge in [-0.15, -0.1) is 0 Å². The number of hydrogen-bond donors (Lipinski definition) is 4. The smallest absolute Gasteiger partial charge is 0.306 e. The normalized spacial score (nSPS) is 21.2. The largest absolute Gasteiger partial charge is 0.481 e. The van der Waals surface area contributed by atoms with E-state index in [1.54, 1.807) is 6.92 Å². The molecule has 8 aliphatic rings. The second-order valence-electron chi connectivity index (χ2n) is 47.9. The summed E-state index contributed by atoms with van der Waals surface area (Å²) in [6, 6.07) is 24.4. The molecule has 0 radical (unpaired) electrons. The molecule has 0 amide bonds. The molecule has 8 aromatic rings. The Morgan fingerprint density at radius 2 is 0.669 bits per heavy atom. The van der Waals surface area contributed by atoms with Crippen LogP contribution in [-0.2, 0) is 64.0 Å². The van der Waals surface area contributed by atoms with Crippen molar-refractivity contribution in [2.24, 2.45) is 57.7 Å². The zero-order valence-corrected chi connectivity index (χ0v) is 87.5. The van der Waals surface area contributed by atoms with Gasteiger partial charge in [0.1, 0.15) is 46.2 Å². The van der Waals surface area contributed by atoms with E-state index in [1.807, 2.05) is 104 Å². The number of rotatable bonds is 45. The third kappa shape index (κ3) is 28.4. The van der Waals surface area contributed by atoms with Gasteiger partial charge >= 0.3 is 23.9 Å². The predicted octanol–water partition coefficient (Wildman–Crippen LogP) is 28.3. The van der Waals surface area contributed by atoms with Crippen LogP contribution in [0.3, 0.4) is 0 Å². The SMILES string of the molecule is CCC(C)(C)CC1CC(c2onc(C(CC(=O)O)CC(=O)Cc3ccc(C)cc3C)c2C2CC2)C1.Cc1ccc(CC(=O)CC(CC(=O)O)c2noc(C3CC(C(C)(C)C(C)C)C3)c2C2CC2)c(C)c1.Cc1ccc(CC(=O)CC(CC(=O)O)c2noc(C3CC(CCC(C)(C)C)C3)c2C2CC2)c(C)c1.Cc1ccc(CC(=O)CC(c2noc(C3CC(CC(C)C)C3)c2C2CC2)C(C)C(=O)O)c(C)c1. The van der Waals surface area contributed by atoms with Gasteiger partial charge in [0.05, 0.1) is 48.0 Å². The Bertz CT molecular complexity index is 5640. The third-order valence-electron chi connectivity index (χ3n) is 33.0. The summed E-state index contributed by atoms with van der Waals surface area (Å²) in [5.74, 6) is 5.30. The van der Waals surface area contributed by atoms with Crippen molar-refractivity contribution in [3.63, 3.8) is 0 Å². The molecular formula is C119H162N4O16. The van der Waals surface area contributed by atoms with E-state index in [9.17, 15) is 58.8 Å². The lowest BCUT2D eigenvalue weighted by atomic mass is 9.57. The Hall–Kier alpha value is -9.72. The summed E-state index contributed by atoms with van der Waals surface area (Å²) in [4.78, 5) is 99.7. The van der Waals surface area contributed by atoms with Gasteiger partial charge in [0, 0.05) is 121 Å². The van der Waals surface area contributed by atoms with Crippen molar-refractivity contribution in [1.82, 2.24) is 20.6 Å². The second-order valence-corrected chi connectivity index (χ2v) is 47.9. The van der Waals surface area contributed by atoms with E-state index in [0.29, 0.717) is 108 Å². The standard InChI is InChI=1S/3C30H41NO4.C29H39NO4/c1-17(2)30(5,6)24-12-23(13-24)29-27(20-9-10-20)28(31-35-29)22(16-26(33)34)15-25(32)14-21-8-7-18(3)11-19(21)4;1-18-6-7-22(19(2)12-18)15-25(32)16-23(17-26(33)34)28-27(21-8-9-21)29(35-31-28)24-13-20(14-24)10-11-30(3,4)5;1-6-30(4,5)17-20-12-24(13-20)29-27(21-9-10-21)28(31-35-29)23(16-26(33)34)15-25(32)14-22-8-7-18(2)11-19(22)3;1-16(2)10-20-12-23(13-20)28-26(21-8-9-21)27(30-34-28)25(19(5)29(32)33)15-24(31)14-22-7-6-17(3)11-18(22)4/h7-8,11,17,20,22-24H,9-10,12-16H2,1-6H3,(H,33,34);6-7,12,20-21,23-24H,8-11,13-17H2,1-5H3,(H,33,34);7-8,11,20-21,23-24H,6,9-10,12-17H2,1-5H3,(H,33,34);6-7,11,16,19-21,23,25H,8-10,12-15H2,1-5H3,(H,32,33). The first kappa shape index (κ1) is 107. The van der Waals surface area contributed by atoms with Gasteiger partial charge in [-0.3, -0.25) is 38.4 Å². The highest BCUT2D eigenvalue weighted by Crippen LogP contribution is 2.60. The Morgan fingerprint density at radius 1 is 0.374 bits per heavy atom. The van der Waals surface area contributed by atoms with Crippen LogP contribution >= 0.6 is 0 Å². The van der Waals surface area contributed by atoms with Gasteiger partial charge in [-0.1, -0.05) is 212 Å². The summed E-state index contributed by atoms with van der Waals surface area (Å²) in [6.07, 6.45) is 25.5. The quantitative estimate of drug-likeness (QED) is 0.0275. The minimum absolute atomic E-state index is 0.0527.